The Morgan fingerprint density at radius 3 is 1.35 bits per heavy atom. The number of rotatable bonds is 5. The van der Waals surface area contributed by atoms with Gasteiger partial charge < -0.3 is 0 Å². The molecule has 0 heterocycles. The first-order valence-electron chi connectivity index (χ1n) is 12.4. The highest BCUT2D eigenvalue weighted by Crippen LogP contribution is 2.21. The van der Waals surface area contributed by atoms with Crippen LogP contribution in [-0.2, 0) is 22.4 Å². The molecule has 0 atom stereocenters. The second kappa shape index (κ2) is 13.8. The Balaban J connectivity index is 1.36. The molecule has 0 unspecified atom stereocenters. The highest BCUT2D eigenvalue weighted by atomic mass is 32.2. The third-order valence-corrected chi connectivity index (χ3v) is 7.28. The van der Waals surface area contributed by atoms with Crippen LogP contribution in [0.5, 0.6) is 0 Å². The predicted molar refractivity (Wildman–Crippen MR) is 158 cm³/mol. The lowest BCUT2D eigenvalue weighted by Gasteiger charge is -2.06. The molecule has 4 rings (SSSR count). The van der Waals surface area contributed by atoms with E-state index >= 15 is 0 Å². The lowest BCUT2D eigenvalue weighted by atomic mass is 10.0. The van der Waals surface area contributed by atoms with Crippen LogP contribution in [0.3, 0.4) is 0 Å². The molecule has 4 aromatic carbocycles. The summed E-state index contributed by atoms with van der Waals surface area (Å²) in [6.45, 7) is 3.03. The molecule has 4 aromatic rings. The summed E-state index contributed by atoms with van der Waals surface area (Å²) >= 11 is 2.32. The van der Waals surface area contributed by atoms with E-state index in [1.807, 2.05) is 48.5 Å². The van der Waals surface area contributed by atoms with E-state index in [9.17, 15) is 18.4 Å². The van der Waals surface area contributed by atoms with E-state index in [0.29, 0.717) is 12.0 Å². The van der Waals surface area contributed by atoms with Crippen molar-refractivity contribution < 1.29 is 18.4 Å². The minimum absolute atomic E-state index is 0.00280. The lowest BCUT2D eigenvalue weighted by molar-refractivity contribution is -0.109. The van der Waals surface area contributed by atoms with Crippen LogP contribution in [0.4, 0.5) is 8.78 Å². The van der Waals surface area contributed by atoms with Gasteiger partial charge in [0.05, 0.1) is 0 Å². The zero-order valence-electron chi connectivity index (χ0n) is 21.9. The van der Waals surface area contributed by atoms with Crippen molar-refractivity contribution in [2.45, 2.75) is 36.5 Å². The molecule has 0 radical (unpaired) electrons. The Morgan fingerprint density at radius 2 is 0.950 bits per heavy atom. The van der Waals surface area contributed by atoms with Gasteiger partial charge in [0.15, 0.2) is 10.2 Å². The third-order valence-electron chi connectivity index (χ3n) is 5.69. The number of carbonyl (C=O) groups is 2. The summed E-state index contributed by atoms with van der Waals surface area (Å²) in [7, 11) is 0. The fraction of sp³-hybridized carbons (Fsp3) is 0.118. The van der Waals surface area contributed by atoms with Crippen molar-refractivity contribution in [1.29, 1.82) is 0 Å². The Kier molecular flexibility index (Phi) is 9.97. The van der Waals surface area contributed by atoms with Gasteiger partial charge in [-0.25, -0.2) is 8.78 Å². The fourth-order valence-electron chi connectivity index (χ4n) is 3.77. The van der Waals surface area contributed by atoms with Crippen molar-refractivity contribution in [3.8, 4) is 23.7 Å². The lowest BCUT2D eigenvalue weighted by Crippen LogP contribution is -2.00. The van der Waals surface area contributed by atoms with Gasteiger partial charge in [-0.2, -0.15) is 0 Å². The molecular formula is C34H24F2O2S2. The molecule has 40 heavy (non-hydrogen) atoms. The molecule has 0 bridgehead atoms. The van der Waals surface area contributed by atoms with Crippen molar-refractivity contribution in [3.63, 3.8) is 0 Å². The first-order chi connectivity index (χ1) is 19.2. The Morgan fingerprint density at radius 1 is 0.575 bits per heavy atom. The topological polar surface area (TPSA) is 34.1 Å². The summed E-state index contributed by atoms with van der Waals surface area (Å²) in [5.74, 6) is 10.7. The maximum Gasteiger partial charge on any atom is 0.190 e. The molecule has 0 fully saturated rings. The number of aryl methyl sites for hydroxylation is 1. The second-order valence-electron chi connectivity index (χ2n) is 8.85. The van der Waals surface area contributed by atoms with Gasteiger partial charge >= 0.3 is 0 Å². The SMILES string of the molecule is CC(=O)Sc1ccc(C#Cc2ccc(CCc3c(F)cc(C#Cc4ccc(SC(C)=O)cc4)cc3F)cc2)cc1. The van der Waals surface area contributed by atoms with Crippen LogP contribution in [0.25, 0.3) is 0 Å². The van der Waals surface area contributed by atoms with Crippen LogP contribution < -0.4 is 0 Å². The molecule has 2 nitrogen and oxygen atoms in total. The third kappa shape index (κ3) is 8.71. The Labute approximate surface area is 241 Å². The van der Waals surface area contributed by atoms with Crippen molar-refractivity contribution in [3.05, 3.63) is 130 Å². The van der Waals surface area contributed by atoms with Gasteiger partial charge in [0.25, 0.3) is 0 Å². The number of hydrogen-bond acceptors (Lipinski definition) is 4. The van der Waals surface area contributed by atoms with Crippen molar-refractivity contribution in [2.24, 2.45) is 0 Å². The summed E-state index contributed by atoms with van der Waals surface area (Å²) in [5.41, 5.74) is 3.61. The van der Waals surface area contributed by atoms with Crippen LogP contribution >= 0.6 is 23.5 Å². The molecule has 0 aliphatic carbocycles. The second-order valence-corrected chi connectivity index (χ2v) is 11.4. The van der Waals surface area contributed by atoms with Gasteiger partial charge in [-0.05, 0) is 91.2 Å². The zero-order chi connectivity index (χ0) is 28.5. The van der Waals surface area contributed by atoms with E-state index in [0.717, 1.165) is 38.2 Å². The van der Waals surface area contributed by atoms with Crippen molar-refractivity contribution in [2.75, 3.05) is 0 Å². The molecule has 0 saturated heterocycles. The minimum Gasteiger partial charge on any atom is -0.287 e. The Bertz CT molecular complexity index is 1630. The number of thioether (sulfide) groups is 2. The summed E-state index contributed by atoms with van der Waals surface area (Å²) in [5, 5.41) is 0.0356. The van der Waals surface area contributed by atoms with Crippen LogP contribution in [-0.4, -0.2) is 10.2 Å². The summed E-state index contributed by atoms with van der Waals surface area (Å²) in [6.07, 6.45) is 0.697. The molecular weight excluding hydrogens is 543 g/mol. The quantitative estimate of drug-likeness (QED) is 0.182. The molecule has 0 spiro atoms. The summed E-state index contributed by atoms with van der Waals surface area (Å²) in [6, 6.07) is 24.7. The zero-order valence-corrected chi connectivity index (χ0v) is 23.5. The van der Waals surface area contributed by atoms with Gasteiger partial charge in [0, 0.05) is 51.5 Å². The maximum atomic E-state index is 14.7. The van der Waals surface area contributed by atoms with E-state index < -0.39 is 11.6 Å². The largest absolute Gasteiger partial charge is 0.287 e. The standard InChI is InChI=1S/C34H24F2O2S2/c1-23(37)39-30-16-11-27(12-17-30)8-5-25-3-6-26(7-4-25)15-20-32-33(35)21-29(22-34(32)36)10-9-28-13-18-31(19-14-28)40-24(2)38/h3-4,6-7,11-14,16-19,21-22H,15,20H2,1-2H3. The van der Waals surface area contributed by atoms with E-state index in [1.54, 1.807) is 24.3 Å². The van der Waals surface area contributed by atoms with Gasteiger partial charge in [0.1, 0.15) is 11.6 Å². The smallest absolute Gasteiger partial charge is 0.190 e. The predicted octanol–water partition coefficient (Wildman–Crippen LogP) is 7.83. The molecule has 6 heteroatoms. The van der Waals surface area contributed by atoms with Gasteiger partial charge in [-0.15, -0.1) is 0 Å². The number of carbonyl (C=O) groups excluding carboxylic acids is 2. The van der Waals surface area contributed by atoms with Crippen molar-refractivity contribution in [1.82, 2.24) is 0 Å². The molecule has 0 saturated carbocycles. The summed E-state index contributed by atoms with van der Waals surface area (Å²) < 4.78 is 29.5. The molecule has 0 aliphatic rings. The van der Waals surface area contributed by atoms with Gasteiger partial charge in [-0.3, -0.25) is 9.59 Å². The molecule has 0 aromatic heterocycles. The fourth-order valence-corrected chi connectivity index (χ4v) is 4.98. The van der Waals surface area contributed by atoms with Crippen molar-refractivity contribution >= 4 is 33.8 Å². The maximum absolute atomic E-state index is 14.7. The van der Waals surface area contributed by atoms with Crippen LogP contribution in [0.1, 0.15) is 47.2 Å². The minimum atomic E-state index is -0.618. The summed E-state index contributed by atoms with van der Waals surface area (Å²) in [4.78, 5) is 24.1. The monoisotopic (exact) mass is 566 g/mol. The van der Waals surface area contributed by atoms with E-state index in [4.69, 9.17) is 0 Å². The van der Waals surface area contributed by atoms with E-state index in [-0.39, 0.29) is 27.8 Å². The van der Waals surface area contributed by atoms with Gasteiger partial charge in [-0.1, -0.05) is 59.3 Å². The average molecular weight is 567 g/mol. The normalized spacial score (nSPS) is 10.2. The van der Waals surface area contributed by atoms with Crippen LogP contribution in [0.15, 0.2) is 94.7 Å². The number of hydrogen-bond donors (Lipinski definition) is 0. The molecule has 198 valence electrons. The van der Waals surface area contributed by atoms with Crippen LogP contribution in [0, 0.1) is 35.3 Å². The highest BCUT2D eigenvalue weighted by Gasteiger charge is 2.11. The highest BCUT2D eigenvalue weighted by molar-refractivity contribution is 8.13. The first-order valence-corrected chi connectivity index (χ1v) is 14.1. The van der Waals surface area contributed by atoms with E-state index in [2.05, 4.69) is 23.7 Å². The van der Waals surface area contributed by atoms with Crippen LogP contribution in [0.2, 0.25) is 0 Å². The first kappa shape index (κ1) is 28.9. The number of benzene rings is 4. The Hall–Kier alpha value is -4.10. The number of halogens is 2. The van der Waals surface area contributed by atoms with E-state index in [1.165, 1.54) is 37.7 Å². The molecule has 0 N–H and O–H groups in total. The molecule has 0 aliphatic heterocycles. The molecule has 0 amide bonds. The van der Waals surface area contributed by atoms with Gasteiger partial charge in [0.2, 0.25) is 0 Å². The average Bonchev–Trinajstić information content (AvgIpc) is 2.92.